The highest BCUT2D eigenvalue weighted by atomic mass is 32.2. The number of rotatable bonds is 5. The molecule has 0 bridgehead atoms. The lowest BCUT2D eigenvalue weighted by molar-refractivity contribution is 0.267. The number of sulfone groups is 1. The first-order valence-electron chi connectivity index (χ1n) is 6.15. The monoisotopic (exact) mass is 271 g/mol. The van der Waals surface area contributed by atoms with Crippen LogP contribution in [0.5, 0.6) is 0 Å². The minimum Gasteiger partial charge on any atom is -0.315 e. The van der Waals surface area contributed by atoms with Gasteiger partial charge in [0.25, 0.3) is 0 Å². The van der Waals surface area contributed by atoms with Crippen LogP contribution in [0.1, 0.15) is 18.9 Å². The molecule has 0 unspecified atom stereocenters. The first-order valence-corrected chi connectivity index (χ1v) is 7.97. The standard InChI is InChI=1S/C13H18FNO2S/c1-2-18(16,17)7-6-13(9-15-10-13)11-4-3-5-12(14)8-11/h3-5,8,15H,2,6-7,9-10H2,1H3. The minimum absolute atomic E-state index is 0.166. The van der Waals surface area contributed by atoms with Crippen molar-refractivity contribution in [2.24, 2.45) is 0 Å². The number of nitrogens with one attached hydrogen (secondary N) is 1. The van der Waals surface area contributed by atoms with Crippen molar-refractivity contribution in [3.05, 3.63) is 35.6 Å². The lowest BCUT2D eigenvalue weighted by Gasteiger charge is -2.43. The highest BCUT2D eigenvalue weighted by Gasteiger charge is 2.39. The van der Waals surface area contributed by atoms with Crippen LogP contribution in [0.15, 0.2) is 24.3 Å². The van der Waals surface area contributed by atoms with Crippen LogP contribution >= 0.6 is 0 Å². The second kappa shape index (κ2) is 4.97. The molecule has 0 saturated carbocycles. The first kappa shape index (κ1) is 13.5. The van der Waals surface area contributed by atoms with E-state index in [1.54, 1.807) is 13.0 Å². The van der Waals surface area contributed by atoms with Gasteiger partial charge in [0.2, 0.25) is 0 Å². The summed E-state index contributed by atoms with van der Waals surface area (Å²) in [4.78, 5) is 0. The molecule has 1 heterocycles. The molecular weight excluding hydrogens is 253 g/mol. The smallest absolute Gasteiger partial charge is 0.150 e. The Labute approximate surface area is 107 Å². The molecule has 0 radical (unpaired) electrons. The topological polar surface area (TPSA) is 46.2 Å². The molecule has 1 fully saturated rings. The van der Waals surface area contributed by atoms with Crippen molar-refractivity contribution in [1.82, 2.24) is 5.32 Å². The van der Waals surface area contributed by atoms with Gasteiger partial charge in [-0.2, -0.15) is 0 Å². The predicted octanol–water partition coefficient (Wildman–Crippen LogP) is 1.49. The van der Waals surface area contributed by atoms with Crippen LogP contribution in [0.3, 0.4) is 0 Å². The SMILES string of the molecule is CCS(=O)(=O)CCC1(c2cccc(F)c2)CNC1. The largest absolute Gasteiger partial charge is 0.315 e. The second-order valence-electron chi connectivity index (χ2n) is 4.88. The molecule has 0 aliphatic carbocycles. The molecule has 1 saturated heterocycles. The van der Waals surface area contributed by atoms with Crippen molar-refractivity contribution < 1.29 is 12.8 Å². The molecular formula is C13H18FNO2S. The van der Waals surface area contributed by atoms with Crippen molar-refractivity contribution in [3.8, 4) is 0 Å². The van der Waals surface area contributed by atoms with E-state index in [-0.39, 0.29) is 22.7 Å². The molecule has 2 rings (SSSR count). The van der Waals surface area contributed by atoms with E-state index < -0.39 is 9.84 Å². The summed E-state index contributed by atoms with van der Waals surface area (Å²) < 4.78 is 36.4. The van der Waals surface area contributed by atoms with Crippen LogP contribution < -0.4 is 5.32 Å². The molecule has 1 aliphatic heterocycles. The van der Waals surface area contributed by atoms with Gasteiger partial charge in [0.1, 0.15) is 15.7 Å². The summed E-state index contributed by atoms with van der Waals surface area (Å²) in [5.41, 5.74) is 0.678. The van der Waals surface area contributed by atoms with E-state index in [4.69, 9.17) is 0 Å². The van der Waals surface area contributed by atoms with E-state index in [0.29, 0.717) is 6.42 Å². The highest BCUT2D eigenvalue weighted by Crippen LogP contribution is 2.33. The van der Waals surface area contributed by atoms with Gasteiger partial charge in [-0.3, -0.25) is 0 Å². The molecule has 18 heavy (non-hydrogen) atoms. The van der Waals surface area contributed by atoms with Gasteiger partial charge < -0.3 is 5.32 Å². The van der Waals surface area contributed by atoms with Crippen molar-refractivity contribution >= 4 is 9.84 Å². The van der Waals surface area contributed by atoms with Crippen LogP contribution in [-0.2, 0) is 15.3 Å². The third-order valence-corrected chi connectivity index (χ3v) is 5.40. The molecule has 0 atom stereocenters. The summed E-state index contributed by atoms with van der Waals surface area (Å²) in [6.07, 6.45) is 0.555. The third kappa shape index (κ3) is 2.72. The van der Waals surface area contributed by atoms with E-state index in [0.717, 1.165) is 18.7 Å². The fourth-order valence-electron chi connectivity index (χ4n) is 2.27. The van der Waals surface area contributed by atoms with Crippen molar-refractivity contribution in [2.75, 3.05) is 24.6 Å². The van der Waals surface area contributed by atoms with Gasteiger partial charge >= 0.3 is 0 Å². The molecule has 0 aromatic heterocycles. The normalized spacial score (nSPS) is 18.3. The van der Waals surface area contributed by atoms with Crippen molar-refractivity contribution in [1.29, 1.82) is 0 Å². The van der Waals surface area contributed by atoms with E-state index in [1.807, 2.05) is 6.07 Å². The van der Waals surface area contributed by atoms with E-state index in [1.165, 1.54) is 12.1 Å². The van der Waals surface area contributed by atoms with Crippen LogP contribution in [0.2, 0.25) is 0 Å². The number of hydrogen-bond donors (Lipinski definition) is 1. The van der Waals surface area contributed by atoms with Gasteiger partial charge in [-0.25, -0.2) is 12.8 Å². The predicted molar refractivity (Wildman–Crippen MR) is 69.9 cm³/mol. The zero-order valence-electron chi connectivity index (χ0n) is 10.4. The zero-order chi connectivity index (χ0) is 13.2. The maximum atomic E-state index is 13.3. The summed E-state index contributed by atoms with van der Waals surface area (Å²) in [7, 11) is -2.97. The molecule has 0 amide bonds. The lowest BCUT2D eigenvalue weighted by Crippen LogP contribution is -2.57. The Morgan fingerprint density at radius 2 is 2.11 bits per heavy atom. The Hall–Kier alpha value is -0.940. The van der Waals surface area contributed by atoms with Crippen LogP contribution in [0.4, 0.5) is 4.39 Å². The average Bonchev–Trinajstić information content (AvgIpc) is 2.28. The Morgan fingerprint density at radius 1 is 1.39 bits per heavy atom. The Morgan fingerprint density at radius 3 is 2.61 bits per heavy atom. The van der Waals surface area contributed by atoms with Crippen molar-refractivity contribution in [3.63, 3.8) is 0 Å². The quantitative estimate of drug-likeness (QED) is 0.882. The minimum atomic E-state index is -2.97. The molecule has 1 aromatic carbocycles. The van der Waals surface area contributed by atoms with Gasteiger partial charge in [-0.1, -0.05) is 19.1 Å². The molecule has 100 valence electrons. The van der Waals surface area contributed by atoms with Crippen molar-refractivity contribution in [2.45, 2.75) is 18.8 Å². The summed E-state index contributed by atoms with van der Waals surface area (Å²) in [6.45, 7) is 3.09. The summed E-state index contributed by atoms with van der Waals surface area (Å²) in [6, 6.07) is 6.48. The van der Waals surface area contributed by atoms with Gasteiger partial charge in [-0.15, -0.1) is 0 Å². The molecule has 0 spiro atoms. The maximum Gasteiger partial charge on any atom is 0.150 e. The average molecular weight is 271 g/mol. The number of halogens is 1. The summed E-state index contributed by atoms with van der Waals surface area (Å²) in [5, 5.41) is 3.16. The van der Waals surface area contributed by atoms with Gasteiger partial charge in [0.05, 0.1) is 5.75 Å². The Balaban J connectivity index is 2.17. The molecule has 1 aliphatic rings. The summed E-state index contributed by atoms with van der Waals surface area (Å²) >= 11 is 0. The maximum absolute atomic E-state index is 13.3. The van der Waals surface area contributed by atoms with Gasteiger partial charge in [-0.05, 0) is 24.1 Å². The number of benzene rings is 1. The second-order valence-corrected chi connectivity index (χ2v) is 7.35. The number of hydrogen-bond acceptors (Lipinski definition) is 3. The highest BCUT2D eigenvalue weighted by molar-refractivity contribution is 7.91. The van der Waals surface area contributed by atoms with E-state index in [9.17, 15) is 12.8 Å². The molecule has 1 aromatic rings. The fraction of sp³-hybridized carbons (Fsp3) is 0.538. The summed E-state index contributed by atoms with van der Waals surface area (Å²) in [5.74, 6) is 0.0681. The van der Waals surface area contributed by atoms with Gasteiger partial charge in [0, 0.05) is 24.3 Å². The van der Waals surface area contributed by atoms with E-state index in [2.05, 4.69) is 5.32 Å². The van der Waals surface area contributed by atoms with Gasteiger partial charge in [0.15, 0.2) is 0 Å². The lowest BCUT2D eigenvalue weighted by atomic mass is 9.73. The molecule has 5 heteroatoms. The fourth-order valence-corrected chi connectivity index (χ4v) is 3.26. The van der Waals surface area contributed by atoms with Crippen LogP contribution in [0.25, 0.3) is 0 Å². The first-order chi connectivity index (χ1) is 8.47. The third-order valence-electron chi connectivity index (χ3n) is 3.70. The van der Waals surface area contributed by atoms with Crippen LogP contribution in [-0.4, -0.2) is 33.0 Å². The van der Waals surface area contributed by atoms with E-state index >= 15 is 0 Å². The Bertz CT molecular complexity index is 524. The van der Waals surface area contributed by atoms with Crippen LogP contribution in [0, 0.1) is 5.82 Å². The zero-order valence-corrected chi connectivity index (χ0v) is 11.3. The molecule has 1 N–H and O–H groups in total. The molecule has 3 nitrogen and oxygen atoms in total. The Kier molecular flexibility index (Phi) is 3.73.